The Hall–Kier alpha value is -0.160. The third kappa shape index (κ3) is 25.5. The fourth-order valence-electron chi connectivity index (χ4n) is 5.97. The fraction of sp³-hybridized carbons (Fsp3) is 1.00. The molecule has 242 valence electrons. The first-order chi connectivity index (χ1) is 19.5. The van der Waals surface area contributed by atoms with Crippen LogP contribution in [-0.2, 0) is 9.47 Å². The van der Waals surface area contributed by atoms with Crippen molar-refractivity contribution in [2.24, 2.45) is 5.73 Å². The Morgan fingerprint density at radius 1 is 0.475 bits per heavy atom. The van der Waals surface area contributed by atoms with Crippen LogP contribution in [0.25, 0.3) is 0 Å². The van der Waals surface area contributed by atoms with Gasteiger partial charge in [-0.3, -0.25) is 0 Å². The molecule has 0 fully saturated rings. The predicted octanol–water partition coefficient (Wildman–Crippen LogP) is 10.6. The highest BCUT2D eigenvalue weighted by Gasteiger charge is 2.34. The number of ether oxygens (including phenoxy) is 2. The molecule has 0 aliphatic rings. The van der Waals surface area contributed by atoms with Crippen LogP contribution in [-0.4, -0.2) is 57.2 Å². The number of quaternary nitrogens is 1. The zero-order valence-corrected chi connectivity index (χ0v) is 28.5. The zero-order valence-electron chi connectivity index (χ0n) is 28.5. The van der Waals surface area contributed by atoms with Crippen molar-refractivity contribution in [3.8, 4) is 0 Å². The van der Waals surface area contributed by atoms with E-state index in [2.05, 4.69) is 34.9 Å². The lowest BCUT2D eigenvalue weighted by Gasteiger charge is -2.40. The van der Waals surface area contributed by atoms with E-state index in [0.29, 0.717) is 0 Å². The molecule has 0 saturated heterocycles. The Labute approximate surface area is 253 Å². The summed E-state index contributed by atoms with van der Waals surface area (Å²) in [6.45, 7) is 10.3. The molecule has 2 unspecified atom stereocenters. The number of likely N-dealkylation sites (N-methyl/N-ethyl adjacent to an activating group) is 1. The molecule has 0 bridgehead atoms. The molecule has 0 spiro atoms. The molecule has 0 heterocycles. The molecule has 4 nitrogen and oxygen atoms in total. The van der Waals surface area contributed by atoms with Gasteiger partial charge in [-0.05, 0) is 26.3 Å². The smallest absolute Gasteiger partial charge is 0.219 e. The molecule has 0 aromatic heterocycles. The Morgan fingerprint density at radius 3 is 1.15 bits per heavy atom. The van der Waals surface area contributed by atoms with Gasteiger partial charge in [0.25, 0.3) is 0 Å². The van der Waals surface area contributed by atoms with Gasteiger partial charge in [-0.15, -0.1) is 0 Å². The minimum atomic E-state index is 0.0802. The van der Waals surface area contributed by atoms with Crippen molar-refractivity contribution in [3.63, 3.8) is 0 Å². The van der Waals surface area contributed by atoms with Crippen LogP contribution in [0, 0.1) is 0 Å². The van der Waals surface area contributed by atoms with Crippen LogP contribution in [0.5, 0.6) is 0 Å². The van der Waals surface area contributed by atoms with Gasteiger partial charge in [0.05, 0.1) is 27.2 Å². The lowest BCUT2D eigenvalue weighted by atomic mass is 10.1. The maximum atomic E-state index is 6.53. The summed E-state index contributed by atoms with van der Waals surface area (Å²) in [6.07, 6.45) is 34.3. The molecule has 0 saturated carbocycles. The normalized spacial score (nSPS) is 13.7. The second-order valence-electron chi connectivity index (χ2n) is 13.3. The summed E-state index contributed by atoms with van der Waals surface area (Å²) in [5, 5.41) is 0. The Kier molecular flexibility index (Phi) is 30.2. The number of hydrogen-bond donors (Lipinski definition) is 1. The van der Waals surface area contributed by atoms with Gasteiger partial charge in [0.15, 0.2) is 0 Å². The summed E-state index contributed by atoms with van der Waals surface area (Å²) < 4.78 is 13.7. The van der Waals surface area contributed by atoms with Gasteiger partial charge in [-0.1, -0.05) is 155 Å². The van der Waals surface area contributed by atoms with Gasteiger partial charge in [0, 0.05) is 13.0 Å². The quantitative estimate of drug-likeness (QED) is 0.0485. The summed E-state index contributed by atoms with van der Waals surface area (Å²) in [6, 6.07) is 0. The van der Waals surface area contributed by atoms with Crippen molar-refractivity contribution < 1.29 is 14.0 Å². The average molecular weight is 570 g/mol. The fourth-order valence-corrected chi connectivity index (χ4v) is 5.97. The van der Waals surface area contributed by atoms with Crippen molar-refractivity contribution in [1.82, 2.24) is 0 Å². The van der Waals surface area contributed by atoms with E-state index in [0.717, 1.165) is 43.6 Å². The Morgan fingerprint density at radius 2 is 0.800 bits per heavy atom. The summed E-state index contributed by atoms with van der Waals surface area (Å²) in [7, 11) is 4.57. The van der Waals surface area contributed by atoms with Crippen molar-refractivity contribution >= 4 is 0 Å². The number of nitrogens with zero attached hydrogens (tertiary/aromatic N) is 1. The first-order valence-electron chi connectivity index (χ1n) is 18.3. The first kappa shape index (κ1) is 39.8. The Balaban J connectivity index is 4.01. The van der Waals surface area contributed by atoms with Gasteiger partial charge < -0.3 is 19.7 Å². The van der Waals surface area contributed by atoms with E-state index in [-0.39, 0.29) is 12.3 Å². The minimum absolute atomic E-state index is 0.0802. The molecular weight excluding hydrogens is 492 g/mol. The second-order valence-corrected chi connectivity index (χ2v) is 13.3. The van der Waals surface area contributed by atoms with Crippen molar-refractivity contribution in [3.05, 3.63) is 0 Å². The van der Waals surface area contributed by atoms with Crippen LogP contribution >= 0.6 is 0 Å². The maximum absolute atomic E-state index is 6.53. The number of nitrogens with two attached hydrogens (primary N) is 1. The summed E-state index contributed by atoms with van der Waals surface area (Å²) in [5.74, 6) is 0. The van der Waals surface area contributed by atoms with Crippen LogP contribution in [0.15, 0.2) is 0 Å². The van der Waals surface area contributed by atoms with Crippen molar-refractivity contribution in [1.29, 1.82) is 0 Å². The number of unbranched alkanes of at least 4 members (excludes halogenated alkanes) is 22. The molecule has 0 aliphatic carbocycles. The third-order valence-electron chi connectivity index (χ3n) is 8.69. The van der Waals surface area contributed by atoms with Gasteiger partial charge in [-0.25, -0.2) is 0 Å². The molecule has 2 N–H and O–H groups in total. The Bertz CT molecular complexity index is 485. The van der Waals surface area contributed by atoms with E-state index < -0.39 is 0 Å². The molecule has 0 aromatic rings. The van der Waals surface area contributed by atoms with E-state index >= 15 is 0 Å². The van der Waals surface area contributed by atoms with Crippen LogP contribution < -0.4 is 5.73 Å². The van der Waals surface area contributed by atoms with Crippen molar-refractivity contribution in [2.75, 3.05) is 40.4 Å². The topological polar surface area (TPSA) is 44.5 Å². The number of hydrogen-bond acceptors (Lipinski definition) is 3. The largest absolute Gasteiger partial charge is 0.369 e. The molecule has 0 rings (SSSR count). The average Bonchev–Trinajstić information content (AvgIpc) is 2.94. The molecule has 4 heteroatoms. The summed E-state index contributed by atoms with van der Waals surface area (Å²) in [4.78, 5) is 0. The monoisotopic (exact) mass is 570 g/mol. The minimum Gasteiger partial charge on any atom is -0.369 e. The standard InChI is InChI=1S/C36H77N2O2/c1-6-8-10-12-14-16-18-20-22-24-26-28-33-39-35(3)36(38(4,5)32-30-31-37)40-34-29-27-25-23-21-19-17-15-13-11-9-7-2/h35-36H,6-34,37H2,1-5H3/q+1. The predicted molar refractivity (Wildman–Crippen MR) is 178 cm³/mol. The molecular formula is C36H77N2O2+. The van der Waals surface area contributed by atoms with Crippen molar-refractivity contribution in [2.45, 2.75) is 194 Å². The van der Waals surface area contributed by atoms with E-state index in [1.54, 1.807) is 0 Å². The van der Waals surface area contributed by atoms with Gasteiger partial charge >= 0.3 is 0 Å². The first-order valence-corrected chi connectivity index (χ1v) is 18.3. The third-order valence-corrected chi connectivity index (χ3v) is 8.69. The highest BCUT2D eigenvalue weighted by molar-refractivity contribution is 4.60. The highest BCUT2D eigenvalue weighted by atomic mass is 16.6. The van der Waals surface area contributed by atoms with Crippen LogP contribution in [0.2, 0.25) is 0 Å². The lowest BCUT2D eigenvalue weighted by Crippen LogP contribution is -2.56. The zero-order chi connectivity index (χ0) is 29.6. The van der Waals surface area contributed by atoms with E-state index in [1.165, 1.54) is 148 Å². The molecule has 2 atom stereocenters. The number of rotatable bonds is 33. The molecule has 40 heavy (non-hydrogen) atoms. The van der Waals surface area contributed by atoms with E-state index in [9.17, 15) is 0 Å². The van der Waals surface area contributed by atoms with E-state index in [1.807, 2.05) is 0 Å². The SMILES string of the molecule is CCCCCCCCCCCCCCOC(C)C(OCCCCCCCCCCCCCC)[N+](C)(C)CCCN. The van der Waals surface area contributed by atoms with Crippen LogP contribution in [0.4, 0.5) is 0 Å². The molecule has 0 aliphatic heterocycles. The summed E-state index contributed by atoms with van der Waals surface area (Å²) in [5.41, 5.74) is 5.85. The molecule has 0 radical (unpaired) electrons. The van der Waals surface area contributed by atoms with Gasteiger partial charge in [-0.2, -0.15) is 0 Å². The highest BCUT2D eigenvalue weighted by Crippen LogP contribution is 2.19. The van der Waals surface area contributed by atoms with E-state index in [4.69, 9.17) is 15.2 Å². The molecule has 0 aromatic carbocycles. The van der Waals surface area contributed by atoms with Crippen LogP contribution in [0.1, 0.15) is 181 Å². The van der Waals surface area contributed by atoms with Gasteiger partial charge in [0.1, 0.15) is 6.10 Å². The summed E-state index contributed by atoms with van der Waals surface area (Å²) >= 11 is 0. The lowest BCUT2D eigenvalue weighted by molar-refractivity contribution is -0.941. The second kappa shape index (κ2) is 30.3. The van der Waals surface area contributed by atoms with Gasteiger partial charge in [0.2, 0.25) is 6.23 Å². The maximum Gasteiger partial charge on any atom is 0.219 e. The van der Waals surface area contributed by atoms with Crippen LogP contribution in [0.3, 0.4) is 0 Å². The molecule has 0 amide bonds.